The van der Waals surface area contributed by atoms with E-state index in [1.165, 1.54) is 26.2 Å². The maximum absolute atomic E-state index is 15.2. The molecule has 422 valence electrons. The van der Waals surface area contributed by atoms with Gasteiger partial charge in [-0.2, -0.15) is 0 Å². The molecule has 6 atom stereocenters. The number of phenolic OH excluding ortho intramolecular Hbond substituents is 3. The second-order valence-corrected chi connectivity index (χ2v) is 23.0. The number of anilines is 1. The minimum Gasteiger partial charge on any atom is -0.508 e. The third kappa shape index (κ3) is 11.7. The van der Waals surface area contributed by atoms with Gasteiger partial charge >= 0.3 is 5.97 Å². The molecule has 2 aliphatic heterocycles. The van der Waals surface area contributed by atoms with Crippen molar-refractivity contribution in [1.29, 1.82) is 0 Å². The molecule has 6 N–H and O–H groups in total. The second-order valence-electron chi connectivity index (χ2n) is 23.0. The lowest BCUT2D eigenvalue weighted by atomic mass is 9.66. The summed E-state index contributed by atoms with van der Waals surface area (Å²) in [5.74, 6) is 0.713. The Morgan fingerprint density at radius 1 is 0.864 bits per heavy atom. The summed E-state index contributed by atoms with van der Waals surface area (Å²) in [6.07, 6.45) is 26.1. The lowest BCUT2D eigenvalue weighted by molar-refractivity contribution is -0.148. The van der Waals surface area contributed by atoms with Crippen molar-refractivity contribution < 1.29 is 49.0 Å². The third-order valence-corrected chi connectivity index (χ3v) is 17.9. The molecule has 11 rings (SSSR count). The van der Waals surface area contributed by atoms with E-state index in [1.807, 2.05) is 24.3 Å². The summed E-state index contributed by atoms with van der Waals surface area (Å²) in [4.78, 5) is 48.2. The van der Waals surface area contributed by atoms with Gasteiger partial charge in [-0.1, -0.05) is 80.8 Å². The van der Waals surface area contributed by atoms with Crippen molar-refractivity contribution in [2.24, 2.45) is 17.3 Å². The zero-order chi connectivity index (χ0) is 56.4. The Morgan fingerprint density at radius 2 is 1.67 bits per heavy atom. The van der Waals surface area contributed by atoms with Crippen LogP contribution >= 0.6 is 0 Å². The Balaban J connectivity index is 1.11. The molecule has 5 aliphatic rings. The zero-order valence-corrected chi connectivity index (χ0v) is 46.5. The highest BCUT2D eigenvalue weighted by atomic mass is 16.5. The van der Waals surface area contributed by atoms with E-state index < -0.39 is 29.6 Å². The monoisotopic (exact) mass is 1090 g/mol. The van der Waals surface area contributed by atoms with Gasteiger partial charge in [-0.3, -0.25) is 14.4 Å². The molecule has 4 heterocycles. The fourth-order valence-corrected chi connectivity index (χ4v) is 13.6. The molecular weight excluding hydrogens is 1020 g/mol. The van der Waals surface area contributed by atoms with Gasteiger partial charge in [0.05, 0.1) is 24.9 Å². The molecule has 0 radical (unpaired) electrons. The number of carbonyl (C=O) groups is 3. The van der Waals surface area contributed by atoms with Crippen LogP contribution in [0.15, 0.2) is 139 Å². The van der Waals surface area contributed by atoms with Crippen molar-refractivity contribution in [3.63, 3.8) is 0 Å². The number of phenols is 3. The number of nitrogens with one attached hydrogen (secondary N) is 2. The van der Waals surface area contributed by atoms with E-state index in [0.29, 0.717) is 63.6 Å². The maximum Gasteiger partial charge on any atom is 0.302 e. The van der Waals surface area contributed by atoms with Gasteiger partial charge in [0.2, 0.25) is 5.75 Å². The number of aliphatic hydroxyl groups is 1. The largest absolute Gasteiger partial charge is 0.508 e. The van der Waals surface area contributed by atoms with Crippen molar-refractivity contribution in [1.82, 2.24) is 14.9 Å². The number of esters is 1. The number of benzene rings is 4. The highest BCUT2D eigenvalue weighted by Gasteiger charge is 2.38. The number of carbonyl (C=O) groups excluding carboxylic acids is 3. The average Bonchev–Trinajstić information content (AvgIpc) is 4.23. The second kappa shape index (κ2) is 23.6. The summed E-state index contributed by atoms with van der Waals surface area (Å²) < 4.78 is 20.3. The third-order valence-electron chi connectivity index (χ3n) is 17.9. The molecule has 6 unspecified atom stereocenters. The van der Waals surface area contributed by atoms with Gasteiger partial charge in [-0.25, -0.2) is 0 Å². The van der Waals surface area contributed by atoms with Crippen LogP contribution in [0.3, 0.4) is 0 Å². The van der Waals surface area contributed by atoms with Gasteiger partial charge in [0.15, 0.2) is 11.5 Å². The average molecular weight is 1100 g/mol. The number of rotatable bonds is 10. The van der Waals surface area contributed by atoms with Crippen LogP contribution in [0, 0.1) is 17.3 Å². The summed E-state index contributed by atoms with van der Waals surface area (Å²) in [7, 11) is 1.47. The maximum atomic E-state index is 15.2. The number of fused-ring (bicyclic) bond motifs is 4. The van der Waals surface area contributed by atoms with Crippen LogP contribution < -0.4 is 19.7 Å². The summed E-state index contributed by atoms with van der Waals surface area (Å²) in [6, 6.07) is 20.4. The van der Waals surface area contributed by atoms with E-state index in [2.05, 4.69) is 87.8 Å². The molecule has 1 fully saturated rings. The first-order chi connectivity index (χ1) is 39.2. The number of methoxy groups -OCH3 is 1. The van der Waals surface area contributed by atoms with E-state index in [4.69, 9.17) is 14.2 Å². The number of allylic oxidation sites excluding steroid dienone is 6. The summed E-state index contributed by atoms with van der Waals surface area (Å²) in [6.45, 7) is 4.46. The number of aryl methyl sites for hydroxylation is 1. The molecule has 4 bridgehead atoms. The molecule has 0 saturated heterocycles. The first-order valence-electron chi connectivity index (χ1n) is 28.9. The van der Waals surface area contributed by atoms with E-state index >= 15 is 4.79 Å². The van der Waals surface area contributed by atoms with Gasteiger partial charge in [0.1, 0.15) is 40.7 Å². The van der Waals surface area contributed by atoms with Crippen molar-refractivity contribution in [2.45, 2.75) is 128 Å². The predicted molar refractivity (Wildman–Crippen MR) is 312 cm³/mol. The van der Waals surface area contributed by atoms with Gasteiger partial charge < -0.3 is 54.4 Å². The van der Waals surface area contributed by atoms with Crippen LogP contribution in [0.2, 0.25) is 0 Å². The van der Waals surface area contributed by atoms with Gasteiger partial charge in [-0.05, 0) is 145 Å². The van der Waals surface area contributed by atoms with Crippen molar-refractivity contribution in [3.8, 4) is 34.5 Å². The van der Waals surface area contributed by atoms with E-state index in [9.17, 15) is 30.0 Å². The van der Waals surface area contributed by atoms with Crippen molar-refractivity contribution in [2.75, 3.05) is 25.1 Å². The fraction of sp³-hybridized carbons (Fsp3) is 0.388. The number of aromatic nitrogens is 2. The Hall–Kier alpha value is -7.97. The molecule has 14 nitrogen and oxygen atoms in total. The molecule has 0 amide bonds. The van der Waals surface area contributed by atoms with Gasteiger partial charge in [-0.15, -0.1) is 0 Å². The number of aromatic hydroxyl groups is 3. The molecule has 81 heavy (non-hydrogen) atoms. The SMILES string of the molecule is COc1cc(C2CC(=O)CC(OC(C)=O)CCC3(C=CC=CC3C)Cc3c[nH]cc3CC(c3cccc(O)c3)C3=CCNC(=C3)N(CCC(=O)C3CCCCC3)c3ccc4c5c(n2cc35)CCC4O)cc(O)c1Oc1cccc(O)c1. The van der Waals surface area contributed by atoms with Crippen LogP contribution in [-0.4, -0.2) is 73.8 Å². The van der Waals surface area contributed by atoms with E-state index in [1.54, 1.807) is 30.3 Å². The summed E-state index contributed by atoms with van der Waals surface area (Å²) >= 11 is 0. The number of nitrogens with zero attached hydrogens (tertiary/aromatic N) is 2. The Kier molecular flexibility index (Phi) is 16.0. The smallest absolute Gasteiger partial charge is 0.302 e. The van der Waals surface area contributed by atoms with Crippen LogP contribution in [-0.2, 0) is 38.4 Å². The fourth-order valence-electron chi connectivity index (χ4n) is 13.6. The molecule has 14 heteroatoms. The van der Waals surface area contributed by atoms with Crippen molar-refractivity contribution >= 4 is 34.0 Å². The lowest BCUT2D eigenvalue weighted by Crippen LogP contribution is -2.36. The number of dihydropyridines is 1. The molecule has 2 aromatic heterocycles. The first-order valence-corrected chi connectivity index (χ1v) is 28.9. The van der Waals surface area contributed by atoms with E-state index in [-0.39, 0.29) is 76.7 Å². The van der Waals surface area contributed by atoms with Crippen molar-refractivity contribution in [3.05, 3.63) is 173 Å². The van der Waals surface area contributed by atoms with Crippen LogP contribution in [0.1, 0.15) is 136 Å². The molecule has 6 aromatic rings. The first kappa shape index (κ1) is 55.0. The number of Topliss-reactive ketones (excluding diaryl/α,β-unsaturated/α-hetero) is 2. The summed E-state index contributed by atoms with van der Waals surface area (Å²) in [5, 5.41) is 50.5. The minimum absolute atomic E-state index is 0.00734. The normalized spacial score (nSPS) is 23.5. The number of H-pyrrole nitrogens is 1. The number of hydrogen-bond acceptors (Lipinski definition) is 12. The molecule has 4 aromatic carbocycles. The van der Waals surface area contributed by atoms with Gasteiger partial charge in [0.25, 0.3) is 0 Å². The van der Waals surface area contributed by atoms with Crippen LogP contribution in [0.4, 0.5) is 5.69 Å². The Bertz CT molecular complexity index is 3470. The topological polar surface area (TPSA) is 196 Å². The summed E-state index contributed by atoms with van der Waals surface area (Å²) in [5.41, 5.74) is 6.88. The zero-order valence-electron chi connectivity index (χ0n) is 46.5. The Labute approximate surface area is 473 Å². The molecule has 1 saturated carbocycles. The minimum atomic E-state index is -0.768. The van der Waals surface area contributed by atoms with Crippen LogP contribution in [0.25, 0.3) is 10.8 Å². The quantitative estimate of drug-likeness (QED) is 0.0712. The predicted octanol–water partition coefficient (Wildman–Crippen LogP) is 12.6. The molecular formula is C67H74N4O10. The number of hydrogen-bond donors (Lipinski definition) is 6. The highest BCUT2D eigenvalue weighted by Crippen LogP contribution is 2.49. The van der Waals surface area contributed by atoms with Gasteiger partial charge in [0, 0.05) is 92.2 Å². The number of ketones is 2. The highest BCUT2D eigenvalue weighted by molar-refractivity contribution is 6.00. The molecule has 3 aliphatic carbocycles. The van der Waals surface area contributed by atoms with Crippen LogP contribution in [0.5, 0.6) is 34.5 Å². The van der Waals surface area contributed by atoms with E-state index in [0.717, 1.165) is 87.9 Å². The lowest BCUT2D eigenvalue weighted by Gasteiger charge is -2.38. The number of aromatic amines is 1. The number of ether oxygens (including phenoxy) is 3. The standard InChI is InChI=1S/C67H74N4O10/c1-41-11-7-8-25-67(41)26-22-53(80-42(2)72)35-51(75)36-59(46-31-62(78)66(63(32-46)79-3)81-52-17-10-16-50(74)34-52)71-40-56-57(19-18-54-61(77)21-20-58(71)65(54)56)70(28-24-60(76)43-12-5-4-6-13-43)64-33-45(23-27-69-64)55(44-14-9-15-49(73)29-44)30-47-38-68-39-48(47)37-67/h7-11,14-19,23,25,29,31-34,38-41,43,53,55,59,61,68-69,73-74,77-78H,4-6,12-13,20-22,24,26-28,30,35-37H2,1-3H3. The molecule has 1 spiro atoms. The number of aliphatic hydroxyl groups excluding tert-OH is 1. The Morgan fingerprint density at radius 3 is 2.44 bits per heavy atom.